The topological polar surface area (TPSA) is 68.2 Å². The molecule has 0 aliphatic carbocycles. The van der Waals surface area contributed by atoms with E-state index in [9.17, 15) is 4.79 Å². The molecule has 134 valence electrons. The zero-order valence-electron chi connectivity index (χ0n) is 15.3. The summed E-state index contributed by atoms with van der Waals surface area (Å²) in [5, 5.41) is 10.3. The van der Waals surface area contributed by atoms with Crippen molar-refractivity contribution in [1.29, 1.82) is 0 Å². The summed E-state index contributed by atoms with van der Waals surface area (Å²) in [6, 6.07) is 5.62. The van der Waals surface area contributed by atoms with Crippen molar-refractivity contribution >= 4 is 11.7 Å². The second-order valence-corrected chi connectivity index (χ2v) is 6.75. The maximum Gasteiger partial charge on any atom is 0.319 e. The minimum Gasteiger partial charge on any atom is -0.493 e. The molecule has 2 amide bonds. The Morgan fingerprint density at radius 1 is 1.40 bits per heavy atom. The standard InChI is InChI=1S/C19H26N4O2/c1-12(10-17-13(2)22-23(4)14(17)3)20-19(24)21-16-7-8-18-15(11-16)6-5-9-25-18/h7-8,11-12H,5-6,9-10H2,1-4H3,(H2,20,21,24). The van der Waals surface area contributed by atoms with E-state index in [1.54, 1.807) is 0 Å². The number of ether oxygens (including phenoxy) is 1. The Kier molecular flexibility index (Phi) is 4.97. The molecule has 0 saturated carbocycles. The van der Waals surface area contributed by atoms with Gasteiger partial charge in [-0.3, -0.25) is 4.68 Å². The molecule has 1 aromatic heterocycles. The van der Waals surface area contributed by atoms with Crippen molar-refractivity contribution in [3.05, 3.63) is 40.7 Å². The van der Waals surface area contributed by atoms with Crippen molar-refractivity contribution in [2.45, 2.75) is 46.1 Å². The molecule has 0 fully saturated rings. The van der Waals surface area contributed by atoms with E-state index in [0.29, 0.717) is 0 Å². The summed E-state index contributed by atoms with van der Waals surface area (Å²) in [5.41, 5.74) is 5.30. The van der Waals surface area contributed by atoms with Gasteiger partial charge in [-0.2, -0.15) is 5.10 Å². The highest BCUT2D eigenvalue weighted by molar-refractivity contribution is 5.89. The molecule has 0 radical (unpaired) electrons. The molecule has 1 aliphatic heterocycles. The largest absolute Gasteiger partial charge is 0.493 e. The third-order valence-electron chi connectivity index (χ3n) is 4.71. The van der Waals surface area contributed by atoms with Crippen molar-refractivity contribution in [1.82, 2.24) is 15.1 Å². The average Bonchev–Trinajstić information content (AvgIpc) is 2.81. The Balaban J connectivity index is 1.58. The third kappa shape index (κ3) is 3.95. The number of nitrogens with zero attached hydrogens (tertiary/aromatic N) is 2. The van der Waals surface area contributed by atoms with Gasteiger partial charge in [-0.05, 0) is 69.4 Å². The third-order valence-corrected chi connectivity index (χ3v) is 4.71. The van der Waals surface area contributed by atoms with Crippen LogP contribution in [0.4, 0.5) is 10.5 Å². The molecule has 1 aliphatic rings. The van der Waals surface area contributed by atoms with Gasteiger partial charge in [0.25, 0.3) is 0 Å². The molecule has 6 heteroatoms. The van der Waals surface area contributed by atoms with Crippen molar-refractivity contribution in [3.8, 4) is 5.75 Å². The van der Waals surface area contributed by atoms with E-state index >= 15 is 0 Å². The first kappa shape index (κ1) is 17.3. The quantitative estimate of drug-likeness (QED) is 0.897. The van der Waals surface area contributed by atoms with Crippen LogP contribution in [0.5, 0.6) is 5.75 Å². The predicted molar refractivity (Wildman–Crippen MR) is 98.3 cm³/mol. The van der Waals surface area contributed by atoms with Gasteiger partial charge >= 0.3 is 6.03 Å². The lowest BCUT2D eigenvalue weighted by atomic mass is 10.1. The Morgan fingerprint density at radius 2 is 2.20 bits per heavy atom. The molecule has 0 spiro atoms. The number of aryl methyl sites for hydroxylation is 3. The number of carbonyl (C=O) groups excluding carboxylic acids is 1. The van der Waals surface area contributed by atoms with Gasteiger partial charge < -0.3 is 15.4 Å². The number of nitrogens with one attached hydrogen (secondary N) is 2. The first-order valence-corrected chi connectivity index (χ1v) is 8.76. The summed E-state index contributed by atoms with van der Waals surface area (Å²) in [5.74, 6) is 0.924. The van der Waals surface area contributed by atoms with E-state index in [-0.39, 0.29) is 12.1 Å². The van der Waals surface area contributed by atoms with Crippen molar-refractivity contribution < 1.29 is 9.53 Å². The lowest BCUT2D eigenvalue weighted by Crippen LogP contribution is -2.37. The van der Waals surface area contributed by atoms with Crippen LogP contribution >= 0.6 is 0 Å². The maximum absolute atomic E-state index is 12.3. The number of hydrogen-bond acceptors (Lipinski definition) is 3. The molecule has 25 heavy (non-hydrogen) atoms. The summed E-state index contributed by atoms with van der Waals surface area (Å²) in [6.07, 6.45) is 2.77. The van der Waals surface area contributed by atoms with Gasteiger partial charge in [-0.1, -0.05) is 0 Å². The maximum atomic E-state index is 12.3. The van der Waals surface area contributed by atoms with Gasteiger partial charge in [0, 0.05) is 24.5 Å². The molecule has 1 atom stereocenters. The van der Waals surface area contributed by atoms with Crippen molar-refractivity contribution in [3.63, 3.8) is 0 Å². The van der Waals surface area contributed by atoms with Crippen LogP contribution in [0.1, 0.15) is 35.9 Å². The number of carbonyl (C=O) groups is 1. The Labute approximate surface area is 148 Å². The number of benzene rings is 1. The summed E-state index contributed by atoms with van der Waals surface area (Å²) in [4.78, 5) is 12.3. The van der Waals surface area contributed by atoms with E-state index in [4.69, 9.17) is 4.74 Å². The fraction of sp³-hybridized carbons (Fsp3) is 0.474. The molecule has 3 rings (SSSR count). The number of rotatable bonds is 4. The van der Waals surface area contributed by atoms with Crippen molar-refractivity contribution in [2.24, 2.45) is 7.05 Å². The summed E-state index contributed by atoms with van der Waals surface area (Å²) >= 11 is 0. The van der Waals surface area contributed by atoms with Crippen LogP contribution < -0.4 is 15.4 Å². The average molecular weight is 342 g/mol. The smallest absolute Gasteiger partial charge is 0.319 e. The van der Waals surface area contributed by atoms with E-state index < -0.39 is 0 Å². The number of fused-ring (bicyclic) bond motifs is 1. The normalized spacial score (nSPS) is 14.4. The predicted octanol–water partition coefficient (Wildman–Crippen LogP) is 3.11. The zero-order chi connectivity index (χ0) is 18.0. The summed E-state index contributed by atoms with van der Waals surface area (Å²) < 4.78 is 7.48. The summed E-state index contributed by atoms with van der Waals surface area (Å²) in [6.45, 7) is 6.83. The minimum absolute atomic E-state index is 0.0163. The molecule has 1 aromatic carbocycles. The number of aromatic nitrogens is 2. The van der Waals surface area contributed by atoms with Crippen LogP contribution in [-0.2, 0) is 19.9 Å². The van der Waals surface area contributed by atoms with Gasteiger partial charge in [0.2, 0.25) is 0 Å². The number of amides is 2. The van der Waals surface area contributed by atoms with Crippen LogP contribution in [0.2, 0.25) is 0 Å². The van der Waals surface area contributed by atoms with Crippen LogP contribution in [0.15, 0.2) is 18.2 Å². The zero-order valence-corrected chi connectivity index (χ0v) is 15.3. The van der Waals surface area contributed by atoms with E-state index in [2.05, 4.69) is 22.7 Å². The Bertz CT molecular complexity index is 782. The van der Waals surface area contributed by atoms with Crippen molar-refractivity contribution in [2.75, 3.05) is 11.9 Å². The first-order chi connectivity index (χ1) is 11.9. The van der Waals surface area contributed by atoms with Crippen LogP contribution in [-0.4, -0.2) is 28.5 Å². The molecule has 0 saturated heterocycles. The van der Waals surface area contributed by atoms with E-state index in [1.807, 2.05) is 43.8 Å². The molecule has 2 N–H and O–H groups in total. The summed E-state index contributed by atoms with van der Waals surface area (Å²) in [7, 11) is 1.94. The fourth-order valence-corrected chi connectivity index (χ4v) is 3.30. The number of anilines is 1. The van der Waals surface area contributed by atoms with Gasteiger partial charge in [-0.15, -0.1) is 0 Å². The van der Waals surface area contributed by atoms with E-state index in [1.165, 1.54) is 5.56 Å². The van der Waals surface area contributed by atoms with Crippen LogP contribution in [0.3, 0.4) is 0 Å². The highest BCUT2D eigenvalue weighted by Gasteiger charge is 2.16. The van der Waals surface area contributed by atoms with Gasteiger partial charge in [0.1, 0.15) is 5.75 Å². The second-order valence-electron chi connectivity index (χ2n) is 6.75. The van der Waals surface area contributed by atoms with E-state index in [0.717, 1.165) is 54.3 Å². The first-order valence-electron chi connectivity index (χ1n) is 8.76. The fourth-order valence-electron chi connectivity index (χ4n) is 3.30. The monoisotopic (exact) mass is 342 g/mol. The second kappa shape index (κ2) is 7.17. The minimum atomic E-state index is -0.191. The Morgan fingerprint density at radius 3 is 2.92 bits per heavy atom. The van der Waals surface area contributed by atoms with Crippen LogP contribution in [0.25, 0.3) is 0 Å². The molecule has 2 aromatic rings. The highest BCUT2D eigenvalue weighted by Crippen LogP contribution is 2.27. The molecule has 6 nitrogen and oxygen atoms in total. The highest BCUT2D eigenvalue weighted by atomic mass is 16.5. The molecule has 0 bridgehead atoms. The number of hydrogen-bond donors (Lipinski definition) is 2. The molecular formula is C19H26N4O2. The van der Waals surface area contributed by atoms with Gasteiger partial charge in [0.05, 0.1) is 12.3 Å². The molecule has 2 heterocycles. The SMILES string of the molecule is Cc1nn(C)c(C)c1CC(C)NC(=O)Nc1ccc2c(c1)CCCO2. The lowest BCUT2D eigenvalue weighted by molar-refractivity contribution is 0.249. The van der Waals surface area contributed by atoms with Crippen LogP contribution in [0, 0.1) is 13.8 Å². The lowest BCUT2D eigenvalue weighted by Gasteiger charge is -2.19. The Hall–Kier alpha value is -2.50. The number of urea groups is 1. The van der Waals surface area contributed by atoms with Gasteiger partial charge in [0.15, 0.2) is 0 Å². The van der Waals surface area contributed by atoms with Gasteiger partial charge in [-0.25, -0.2) is 4.79 Å². The molecule has 1 unspecified atom stereocenters. The molecular weight excluding hydrogens is 316 g/mol.